The highest BCUT2D eigenvalue weighted by atomic mass is 32.2. The Labute approximate surface area is 186 Å². The fourth-order valence-corrected chi connectivity index (χ4v) is 4.03. The number of hydrogen-bond acceptors (Lipinski definition) is 7. The van der Waals surface area contributed by atoms with Crippen molar-refractivity contribution in [3.05, 3.63) is 34.5 Å². The van der Waals surface area contributed by atoms with Crippen LogP contribution in [0.4, 0.5) is 9.18 Å². The molecule has 1 saturated heterocycles. The molecule has 8 nitrogen and oxygen atoms in total. The number of hydrazine groups is 1. The van der Waals surface area contributed by atoms with Crippen LogP contribution in [-0.4, -0.2) is 79.3 Å². The zero-order valence-corrected chi connectivity index (χ0v) is 18.9. The summed E-state index contributed by atoms with van der Waals surface area (Å²) in [6.07, 6.45) is 3.88. The van der Waals surface area contributed by atoms with E-state index in [1.807, 2.05) is 24.0 Å². The summed E-state index contributed by atoms with van der Waals surface area (Å²) >= 11 is 1.22. The smallest absolute Gasteiger partial charge is 0.410 e. The van der Waals surface area contributed by atoms with Gasteiger partial charge in [0.2, 0.25) is 0 Å². The number of nitrogens with one attached hydrogen (secondary N) is 1. The van der Waals surface area contributed by atoms with Gasteiger partial charge in [-0.1, -0.05) is 0 Å². The van der Waals surface area contributed by atoms with Crippen LogP contribution in [0.1, 0.15) is 24.8 Å². The minimum Gasteiger partial charge on any atom is -0.410 e. The van der Waals surface area contributed by atoms with Crippen LogP contribution in [0.15, 0.2) is 28.1 Å². The van der Waals surface area contributed by atoms with Gasteiger partial charge in [0, 0.05) is 32.2 Å². The first kappa shape index (κ1) is 23.2. The maximum Gasteiger partial charge on any atom is 0.414 e. The average molecular weight is 450 g/mol. The number of hydrogen-bond donors (Lipinski definition) is 1. The SMILES string of the molecule is CN(C)CCCN(C)C(=O)Oc1ccc(F)cc1C=C1SC(N2CCCCN2)=NC1=O. The molecule has 31 heavy (non-hydrogen) atoms. The van der Waals surface area contributed by atoms with Crippen molar-refractivity contribution < 1.29 is 18.7 Å². The maximum absolute atomic E-state index is 13.9. The molecule has 0 aromatic heterocycles. The van der Waals surface area contributed by atoms with Gasteiger partial charge in [0.25, 0.3) is 5.91 Å². The molecule has 0 atom stereocenters. The van der Waals surface area contributed by atoms with Gasteiger partial charge in [0.1, 0.15) is 11.6 Å². The molecule has 0 bridgehead atoms. The third-order valence-electron chi connectivity index (χ3n) is 4.82. The zero-order valence-electron chi connectivity index (χ0n) is 18.1. The minimum absolute atomic E-state index is 0.191. The van der Waals surface area contributed by atoms with Crippen molar-refractivity contribution >= 4 is 35.0 Å². The van der Waals surface area contributed by atoms with Crippen LogP contribution in [0.5, 0.6) is 5.75 Å². The van der Waals surface area contributed by atoms with Gasteiger partial charge in [-0.3, -0.25) is 9.80 Å². The van der Waals surface area contributed by atoms with Crippen molar-refractivity contribution in [3.63, 3.8) is 0 Å². The molecular formula is C21H28FN5O3S. The number of benzene rings is 1. The van der Waals surface area contributed by atoms with E-state index in [0.717, 1.165) is 38.9 Å². The molecule has 2 aliphatic heterocycles. The van der Waals surface area contributed by atoms with Gasteiger partial charge in [-0.25, -0.2) is 14.6 Å². The first-order valence-corrected chi connectivity index (χ1v) is 11.1. The molecule has 0 aliphatic carbocycles. The second kappa shape index (κ2) is 10.7. The number of thioether (sulfide) groups is 1. The summed E-state index contributed by atoms with van der Waals surface area (Å²) in [5, 5.41) is 2.44. The number of amidine groups is 1. The highest BCUT2D eigenvalue weighted by molar-refractivity contribution is 8.18. The summed E-state index contributed by atoms with van der Waals surface area (Å²) < 4.78 is 19.4. The molecule has 1 fully saturated rings. The van der Waals surface area contributed by atoms with Crippen LogP contribution < -0.4 is 10.2 Å². The van der Waals surface area contributed by atoms with Gasteiger partial charge in [0.15, 0.2) is 5.17 Å². The molecule has 0 unspecified atom stereocenters. The third kappa shape index (κ3) is 6.52. The van der Waals surface area contributed by atoms with Gasteiger partial charge >= 0.3 is 6.09 Å². The van der Waals surface area contributed by atoms with Crippen LogP contribution in [0.25, 0.3) is 6.08 Å². The lowest BCUT2D eigenvalue weighted by Crippen LogP contribution is -2.45. The highest BCUT2D eigenvalue weighted by Crippen LogP contribution is 2.33. The van der Waals surface area contributed by atoms with Gasteiger partial charge in [-0.05, 0) is 75.9 Å². The Balaban J connectivity index is 1.70. The van der Waals surface area contributed by atoms with Gasteiger partial charge in [0.05, 0.1) is 4.91 Å². The molecular weight excluding hydrogens is 421 g/mol. The molecule has 0 saturated carbocycles. The van der Waals surface area contributed by atoms with E-state index in [9.17, 15) is 14.0 Å². The van der Waals surface area contributed by atoms with E-state index in [2.05, 4.69) is 10.4 Å². The van der Waals surface area contributed by atoms with Crippen molar-refractivity contribution in [3.8, 4) is 5.75 Å². The first-order chi connectivity index (χ1) is 14.8. The molecule has 3 rings (SSSR count). The Hall–Kier alpha value is -2.43. The number of aliphatic imine (C=N–C) groups is 1. The van der Waals surface area contributed by atoms with Crippen molar-refractivity contribution in [2.45, 2.75) is 19.3 Å². The number of halogens is 1. The normalized spacial score (nSPS) is 18.0. The lowest BCUT2D eigenvalue weighted by atomic mass is 10.2. The van der Waals surface area contributed by atoms with Crippen LogP contribution in [0, 0.1) is 5.82 Å². The number of amides is 2. The summed E-state index contributed by atoms with van der Waals surface area (Å²) in [7, 11) is 5.59. The van der Waals surface area contributed by atoms with E-state index in [0.29, 0.717) is 22.2 Å². The predicted octanol–water partition coefficient (Wildman–Crippen LogP) is 2.78. The van der Waals surface area contributed by atoms with E-state index < -0.39 is 17.8 Å². The predicted molar refractivity (Wildman–Crippen MR) is 120 cm³/mol. The topological polar surface area (TPSA) is 77.5 Å². The summed E-state index contributed by atoms with van der Waals surface area (Å²) in [5.74, 6) is -0.689. The molecule has 2 aliphatic rings. The Bertz CT molecular complexity index is 884. The molecule has 1 aromatic rings. The summed E-state index contributed by atoms with van der Waals surface area (Å²) in [4.78, 5) is 32.8. The molecule has 0 spiro atoms. The molecule has 1 aromatic carbocycles. The molecule has 0 radical (unpaired) electrons. The largest absolute Gasteiger partial charge is 0.414 e. The van der Waals surface area contributed by atoms with Crippen LogP contribution in [0.3, 0.4) is 0 Å². The lowest BCUT2D eigenvalue weighted by molar-refractivity contribution is -0.113. The fourth-order valence-electron chi connectivity index (χ4n) is 3.12. The highest BCUT2D eigenvalue weighted by Gasteiger charge is 2.27. The Kier molecular flexibility index (Phi) is 8.05. The number of rotatable bonds is 6. The quantitative estimate of drug-likeness (QED) is 0.669. The van der Waals surface area contributed by atoms with E-state index in [1.165, 1.54) is 40.9 Å². The van der Waals surface area contributed by atoms with Gasteiger partial charge in [-0.2, -0.15) is 4.99 Å². The Morgan fingerprint density at radius 2 is 2.13 bits per heavy atom. The zero-order chi connectivity index (χ0) is 22.4. The average Bonchev–Trinajstić information content (AvgIpc) is 3.10. The first-order valence-electron chi connectivity index (χ1n) is 10.2. The Morgan fingerprint density at radius 1 is 1.32 bits per heavy atom. The van der Waals surface area contributed by atoms with Crippen molar-refractivity contribution in [2.75, 3.05) is 47.3 Å². The van der Waals surface area contributed by atoms with Crippen LogP contribution >= 0.6 is 11.8 Å². The van der Waals surface area contributed by atoms with E-state index >= 15 is 0 Å². The van der Waals surface area contributed by atoms with Crippen molar-refractivity contribution in [1.29, 1.82) is 0 Å². The molecule has 168 valence electrons. The van der Waals surface area contributed by atoms with E-state index in [1.54, 1.807) is 7.05 Å². The molecule has 10 heteroatoms. The van der Waals surface area contributed by atoms with Crippen LogP contribution in [-0.2, 0) is 4.79 Å². The third-order valence-corrected chi connectivity index (χ3v) is 5.82. The minimum atomic E-state index is -0.537. The van der Waals surface area contributed by atoms with Crippen molar-refractivity contribution in [1.82, 2.24) is 20.2 Å². The second-order valence-electron chi connectivity index (χ2n) is 7.71. The monoisotopic (exact) mass is 449 g/mol. The molecule has 2 amide bonds. The summed E-state index contributed by atoms with van der Waals surface area (Å²) in [5.41, 5.74) is 3.53. The molecule has 2 heterocycles. The lowest BCUT2D eigenvalue weighted by Gasteiger charge is -2.28. The number of nitrogens with zero attached hydrogens (tertiary/aromatic N) is 4. The van der Waals surface area contributed by atoms with Gasteiger partial charge in [-0.15, -0.1) is 0 Å². The van der Waals surface area contributed by atoms with E-state index in [-0.39, 0.29) is 5.75 Å². The summed E-state index contributed by atoms with van der Waals surface area (Å²) in [6.45, 7) is 2.98. The number of carbonyl (C=O) groups excluding carboxylic acids is 2. The van der Waals surface area contributed by atoms with E-state index in [4.69, 9.17) is 4.74 Å². The number of carbonyl (C=O) groups is 2. The standard InChI is InChI=1S/C21H28FN5O3S/c1-25(2)10-6-11-26(3)21(29)30-17-8-7-16(22)13-15(17)14-18-19(28)24-20(31-18)27-12-5-4-9-23-27/h7-8,13-14,23H,4-6,9-12H2,1-3H3. The molecule has 1 N–H and O–H groups in total. The fraction of sp³-hybridized carbons (Fsp3) is 0.476. The Morgan fingerprint density at radius 3 is 2.84 bits per heavy atom. The van der Waals surface area contributed by atoms with Crippen LogP contribution in [0.2, 0.25) is 0 Å². The second-order valence-corrected chi connectivity index (χ2v) is 8.71. The summed E-state index contributed by atoms with van der Waals surface area (Å²) in [6, 6.07) is 3.86. The number of ether oxygens (including phenoxy) is 1. The van der Waals surface area contributed by atoms with Gasteiger partial charge < -0.3 is 14.5 Å². The maximum atomic E-state index is 13.9. The van der Waals surface area contributed by atoms with Crippen molar-refractivity contribution in [2.24, 2.45) is 4.99 Å².